The van der Waals surface area contributed by atoms with Crippen molar-refractivity contribution in [1.82, 2.24) is 9.80 Å². The normalized spacial score (nSPS) is 23.6. The van der Waals surface area contributed by atoms with Crippen LogP contribution in [0.2, 0.25) is 0 Å². The lowest BCUT2D eigenvalue weighted by Gasteiger charge is -2.26. The second-order valence-electron chi connectivity index (χ2n) is 6.29. The van der Waals surface area contributed by atoms with Crippen LogP contribution < -0.4 is 5.73 Å². The SMILES string of the molecule is CN(C)CCCN(C)C(=O)CCC1CCC(N)CC1. The van der Waals surface area contributed by atoms with E-state index >= 15 is 0 Å². The molecule has 1 aliphatic rings. The summed E-state index contributed by atoms with van der Waals surface area (Å²) < 4.78 is 0. The van der Waals surface area contributed by atoms with Crippen molar-refractivity contribution in [3.05, 3.63) is 0 Å². The first kappa shape index (κ1) is 16.4. The number of rotatable bonds is 7. The molecule has 2 N–H and O–H groups in total. The molecule has 0 bridgehead atoms. The first-order valence-electron chi connectivity index (χ1n) is 7.63. The molecule has 0 spiro atoms. The highest BCUT2D eigenvalue weighted by atomic mass is 16.2. The van der Waals surface area contributed by atoms with Crippen molar-refractivity contribution < 1.29 is 4.79 Å². The van der Waals surface area contributed by atoms with E-state index in [1.165, 1.54) is 12.8 Å². The third-order valence-electron chi connectivity index (χ3n) is 4.18. The van der Waals surface area contributed by atoms with Gasteiger partial charge in [0.25, 0.3) is 0 Å². The molecule has 0 aromatic carbocycles. The minimum Gasteiger partial charge on any atom is -0.346 e. The molecule has 0 atom stereocenters. The summed E-state index contributed by atoms with van der Waals surface area (Å²) in [7, 11) is 6.06. The number of hydrogen-bond acceptors (Lipinski definition) is 3. The van der Waals surface area contributed by atoms with Crippen LogP contribution in [0.5, 0.6) is 0 Å². The van der Waals surface area contributed by atoms with Gasteiger partial charge in [0.05, 0.1) is 0 Å². The Labute approximate surface area is 118 Å². The van der Waals surface area contributed by atoms with Gasteiger partial charge in [0.1, 0.15) is 0 Å². The Morgan fingerprint density at radius 2 is 1.74 bits per heavy atom. The number of nitrogens with zero attached hydrogens (tertiary/aromatic N) is 2. The van der Waals surface area contributed by atoms with Crippen molar-refractivity contribution in [2.45, 2.75) is 51.0 Å². The predicted octanol–water partition coefficient (Wildman–Crippen LogP) is 1.69. The molecule has 4 nitrogen and oxygen atoms in total. The standard InChI is InChI=1S/C15H31N3O/c1-17(2)11-4-12-18(3)15(19)10-7-13-5-8-14(16)9-6-13/h13-14H,4-12,16H2,1-3H3. The van der Waals surface area contributed by atoms with Gasteiger partial charge in [0.2, 0.25) is 5.91 Å². The molecule has 0 saturated heterocycles. The smallest absolute Gasteiger partial charge is 0.222 e. The Kier molecular flexibility index (Phi) is 7.39. The molecule has 4 heteroatoms. The van der Waals surface area contributed by atoms with Crippen molar-refractivity contribution >= 4 is 5.91 Å². The summed E-state index contributed by atoms with van der Waals surface area (Å²) in [5.41, 5.74) is 5.90. The van der Waals surface area contributed by atoms with E-state index in [2.05, 4.69) is 19.0 Å². The van der Waals surface area contributed by atoms with Crippen LogP contribution in [0.15, 0.2) is 0 Å². The monoisotopic (exact) mass is 269 g/mol. The fourth-order valence-corrected chi connectivity index (χ4v) is 2.74. The Morgan fingerprint density at radius 1 is 1.11 bits per heavy atom. The van der Waals surface area contributed by atoms with Gasteiger partial charge in [-0.1, -0.05) is 0 Å². The summed E-state index contributed by atoms with van der Waals surface area (Å²) in [6, 6.07) is 0.403. The average Bonchev–Trinajstić information content (AvgIpc) is 2.37. The van der Waals surface area contributed by atoms with E-state index in [-0.39, 0.29) is 0 Å². The van der Waals surface area contributed by atoms with Gasteiger partial charge < -0.3 is 15.5 Å². The zero-order chi connectivity index (χ0) is 14.3. The lowest BCUT2D eigenvalue weighted by atomic mass is 9.84. The average molecular weight is 269 g/mol. The highest BCUT2D eigenvalue weighted by molar-refractivity contribution is 5.75. The molecule has 0 aromatic heterocycles. The molecular weight excluding hydrogens is 238 g/mol. The minimum atomic E-state index is 0.300. The summed E-state index contributed by atoms with van der Waals surface area (Å²) in [4.78, 5) is 16.1. The zero-order valence-corrected chi connectivity index (χ0v) is 12.9. The van der Waals surface area contributed by atoms with Crippen molar-refractivity contribution in [2.75, 3.05) is 34.2 Å². The fourth-order valence-electron chi connectivity index (χ4n) is 2.74. The maximum Gasteiger partial charge on any atom is 0.222 e. The highest BCUT2D eigenvalue weighted by Gasteiger charge is 2.19. The van der Waals surface area contributed by atoms with Crippen LogP contribution in [0, 0.1) is 5.92 Å². The summed E-state index contributed by atoms with van der Waals surface area (Å²) in [5, 5.41) is 0. The van der Waals surface area contributed by atoms with Gasteiger partial charge in [-0.15, -0.1) is 0 Å². The number of nitrogens with two attached hydrogens (primary N) is 1. The molecule has 0 heterocycles. The van der Waals surface area contributed by atoms with Gasteiger partial charge in [-0.2, -0.15) is 0 Å². The summed E-state index contributed by atoms with van der Waals surface area (Å²) in [5.74, 6) is 1.02. The first-order chi connectivity index (χ1) is 8.99. The van der Waals surface area contributed by atoms with Gasteiger partial charge in [-0.05, 0) is 65.1 Å². The van der Waals surface area contributed by atoms with Crippen molar-refractivity contribution in [2.24, 2.45) is 11.7 Å². The van der Waals surface area contributed by atoms with Crippen LogP contribution in [0.4, 0.5) is 0 Å². The molecular formula is C15H31N3O. The third-order valence-corrected chi connectivity index (χ3v) is 4.18. The van der Waals surface area contributed by atoms with Gasteiger partial charge in [-0.3, -0.25) is 4.79 Å². The number of carbonyl (C=O) groups excluding carboxylic acids is 1. The molecule has 0 unspecified atom stereocenters. The van der Waals surface area contributed by atoms with E-state index in [0.29, 0.717) is 18.4 Å². The molecule has 19 heavy (non-hydrogen) atoms. The molecule has 1 aliphatic carbocycles. The summed E-state index contributed by atoms with van der Waals surface area (Å²) in [6.45, 7) is 1.91. The maximum atomic E-state index is 12.0. The van der Waals surface area contributed by atoms with Crippen molar-refractivity contribution in [1.29, 1.82) is 0 Å². The zero-order valence-electron chi connectivity index (χ0n) is 12.9. The Hall–Kier alpha value is -0.610. The number of amides is 1. The minimum absolute atomic E-state index is 0.300. The van der Waals surface area contributed by atoms with Crippen molar-refractivity contribution in [3.63, 3.8) is 0 Å². The number of carbonyl (C=O) groups is 1. The Bertz CT molecular complexity index is 260. The lowest BCUT2D eigenvalue weighted by molar-refractivity contribution is -0.130. The van der Waals surface area contributed by atoms with E-state index in [1.807, 2.05) is 11.9 Å². The summed E-state index contributed by atoms with van der Waals surface area (Å²) >= 11 is 0. The summed E-state index contributed by atoms with van der Waals surface area (Å²) in [6.07, 6.45) is 7.49. The highest BCUT2D eigenvalue weighted by Crippen LogP contribution is 2.27. The molecule has 1 rings (SSSR count). The number of hydrogen-bond donors (Lipinski definition) is 1. The molecule has 1 saturated carbocycles. The molecule has 0 aliphatic heterocycles. The van der Waals surface area contributed by atoms with Gasteiger partial charge in [-0.25, -0.2) is 0 Å². The van der Waals surface area contributed by atoms with Crippen LogP contribution in [0.1, 0.15) is 44.9 Å². The maximum absolute atomic E-state index is 12.0. The molecule has 1 fully saturated rings. The first-order valence-corrected chi connectivity index (χ1v) is 7.63. The fraction of sp³-hybridized carbons (Fsp3) is 0.933. The molecule has 0 aromatic rings. The van der Waals surface area contributed by atoms with Crippen LogP contribution in [0.25, 0.3) is 0 Å². The lowest BCUT2D eigenvalue weighted by Crippen LogP contribution is -2.31. The van der Waals surface area contributed by atoms with Crippen LogP contribution in [-0.2, 0) is 4.79 Å². The molecule has 112 valence electrons. The third kappa shape index (κ3) is 6.92. The van der Waals surface area contributed by atoms with Crippen LogP contribution >= 0.6 is 0 Å². The van der Waals surface area contributed by atoms with Gasteiger partial charge in [0.15, 0.2) is 0 Å². The van der Waals surface area contributed by atoms with Crippen LogP contribution in [0.3, 0.4) is 0 Å². The largest absolute Gasteiger partial charge is 0.346 e. The van der Waals surface area contributed by atoms with Gasteiger partial charge in [0, 0.05) is 26.1 Å². The van der Waals surface area contributed by atoms with E-state index in [4.69, 9.17) is 5.73 Å². The Morgan fingerprint density at radius 3 is 2.32 bits per heavy atom. The van der Waals surface area contributed by atoms with E-state index in [9.17, 15) is 4.79 Å². The molecule has 1 amide bonds. The quantitative estimate of drug-likeness (QED) is 0.765. The second kappa shape index (κ2) is 8.54. The van der Waals surface area contributed by atoms with E-state index in [0.717, 1.165) is 44.7 Å². The second-order valence-corrected chi connectivity index (χ2v) is 6.29. The van der Waals surface area contributed by atoms with Crippen molar-refractivity contribution in [3.8, 4) is 0 Å². The topological polar surface area (TPSA) is 49.6 Å². The Balaban J connectivity index is 2.12. The predicted molar refractivity (Wildman–Crippen MR) is 80.0 cm³/mol. The van der Waals surface area contributed by atoms with Crippen LogP contribution in [-0.4, -0.2) is 56.0 Å². The van der Waals surface area contributed by atoms with E-state index < -0.39 is 0 Å². The van der Waals surface area contributed by atoms with Gasteiger partial charge >= 0.3 is 0 Å². The van der Waals surface area contributed by atoms with E-state index in [1.54, 1.807) is 0 Å². The molecule has 0 radical (unpaired) electrons.